The van der Waals surface area contributed by atoms with Crippen molar-refractivity contribution in [3.63, 3.8) is 0 Å². The molecule has 34 nitrogen and oxygen atoms in total. The number of ether oxygens (including phenoxy) is 13. The van der Waals surface area contributed by atoms with E-state index in [1.54, 1.807) is 56.8 Å². The van der Waals surface area contributed by atoms with E-state index in [0.29, 0.717) is 143 Å². The highest BCUT2D eigenvalue weighted by Gasteiger charge is 2.39. The van der Waals surface area contributed by atoms with Crippen molar-refractivity contribution in [3.05, 3.63) is 95.8 Å². The van der Waals surface area contributed by atoms with E-state index in [-0.39, 0.29) is 57.2 Å². The lowest BCUT2D eigenvalue weighted by atomic mass is 9.82. The molecular formula is C72H108F2N10O24. The van der Waals surface area contributed by atoms with Gasteiger partial charge in [0.1, 0.15) is 55.6 Å². The maximum atomic E-state index is 15.5. The molecule has 0 saturated heterocycles. The number of amides is 10. The van der Waals surface area contributed by atoms with Gasteiger partial charge < -0.3 is 114 Å². The van der Waals surface area contributed by atoms with E-state index < -0.39 is 139 Å². The molecule has 0 bridgehead atoms. The zero-order valence-corrected chi connectivity index (χ0v) is 62.5. The summed E-state index contributed by atoms with van der Waals surface area (Å²) in [4.78, 5) is 134. The Morgan fingerprint density at radius 3 is 1.48 bits per heavy atom. The van der Waals surface area contributed by atoms with Gasteiger partial charge in [0.05, 0.1) is 164 Å². The second-order valence-corrected chi connectivity index (χ2v) is 25.2. The highest BCUT2D eigenvalue weighted by Crippen LogP contribution is 2.41. The average molecular weight is 1540 g/mol. The average Bonchev–Trinajstić information content (AvgIpc) is 1.61. The molecule has 108 heavy (non-hydrogen) atoms. The second kappa shape index (κ2) is 53.3. The van der Waals surface area contributed by atoms with Gasteiger partial charge in [0.25, 0.3) is 11.8 Å². The number of aliphatic hydroxyl groups is 1. The normalized spacial score (nSPS) is 13.5. The number of imide groups is 1. The van der Waals surface area contributed by atoms with Crippen LogP contribution in [0.4, 0.5) is 13.6 Å². The second-order valence-electron chi connectivity index (χ2n) is 25.2. The first-order valence-corrected chi connectivity index (χ1v) is 35.6. The van der Waals surface area contributed by atoms with Crippen LogP contribution >= 0.6 is 0 Å². The molecule has 0 saturated carbocycles. The lowest BCUT2D eigenvalue weighted by Crippen LogP contribution is -2.58. The van der Waals surface area contributed by atoms with E-state index >= 15 is 4.39 Å². The lowest BCUT2D eigenvalue weighted by molar-refractivity contribution is -0.141. The Labute approximate surface area is 627 Å². The van der Waals surface area contributed by atoms with Crippen LogP contribution in [-0.2, 0) is 111 Å². The molecule has 4 rings (SSSR count). The molecule has 36 heteroatoms. The molecular weight excluding hydrogens is 1430 g/mol. The maximum absolute atomic E-state index is 15.5. The first-order chi connectivity index (χ1) is 51.9. The molecule has 1 aromatic heterocycles. The third-order valence-electron chi connectivity index (χ3n) is 15.6. The molecule has 1 aliphatic rings. The number of aliphatic hydroxyl groups excluding tert-OH is 1. The van der Waals surface area contributed by atoms with Gasteiger partial charge in [-0.3, -0.25) is 48.1 Å². The highest BCUT2D eigenvalue weighted by atomic mass is 19.1. The van der Waals surface area contributed by atoms with E-state index in [2.05, 4.69) is 31.9 Å². The molecule has 2 heterocycles. The summed E-state index contributed by atoms with van der Waals surface area (Å²) in [5.41, 5.74) is 5.99. The number of benzene rings is 2. The number of nitrogens with zero attached hydrogens (tertiary/aromatic N) is 3. The third-order valence-corrected chi connectivity index (χ3v) is 15.6. The number of rotatable bonds is 60. The molecule has 10 amide bonds. The summed E-state index contributed by atoms with van der Waals surface area (Å²) in [6.07, 6.45) is 1.33. The number of aromatic nitrogens is 1. The van der Waals surface area contributed by atoms with Gasteiger partial charge in [-0.05, 0) is 55.5 Å². The van der Waals surface area contributed by atoms with Crippen molar-refractivity contribution in [1.82, 2.24) is 46.3 Å². The SMILES string of the molecule is COCCOCCOCCOCCOCCOCCOCCOCCOCCOCCOCCOCCOC(=O)N[C@@H](C)C(=O)N[C@H](C)C(=O)N[C@@H](CC(N)=O)C(=O)N[C@@H](CCN(C(=O)CO)[C@@H](c1cc(-c2cc(F)ccc2F)cn1Cc1ccccc1)C(C)(C)C)C(=O)NCCNC(=O)CN1C(=O)C=CC1=O. The number of carbonyl (C=O) groups is 10. The molecule has 0 aliphatic carbocycles. The fourth-order valence-electron chi connectivity index (χ4n) is 10.2. The standard InChI is InChI=1S/C72H108F2N10O24/c1-51(78-67(91)52(2)79-71(95)108-43-42-107-41-40-106-39-38-105-37-36-104-35-34-103-33-32-102-31-30-101-29-28-100-27-26-99-25-24-98-23-22-97-21-20-96-6)68(92)81-59(46-61(75)86)70(94)80-58(69(93)77-18-17-76-62(87)49-84-63(88)14-15-64(84)89)16-19-83(65(90)50-85)66(72(3,4)5)60-44-54(56-45-55(73)12-13-57(56)74)48-82(60)47-53-10-8-7-9-11-53/h7-15,44-45,48,51-52,58-59,66,85H,16-43,46-47,49-50H2,1-6H3,(H2,75,86)(H,76,87)(H,77,93)(H,78,91)(H,79,95)(H,80,94)(H,81,92)/t51-,52+,58+,59+,66+/m1/s1. The monoisotopic (exact) mass is 1530 g/mol. The van der Waals surface area contributed by atoms with Gasteiger partial charge in [-0.2, -0.15) is 0 Å². The zero-order chi connectivity index (χ0) is 78.9. The van der Waals surface area contributed by atoms with Crippen molar-refractivity contribution in [2.75, 3.05) is 198 Å². The molecule has 0 radical (unpaired) electrons. The Hall–Kier alpha value is -8.50. The van der Waals surface area contributed by atoms with Crippen molar-refractivity contribution >= 4 is 59.3 Å². The summed E-state index contributed by atoms with van der Waals surface area (Å²) in [5.74, 6) is -9.48. The summed E-state index contributed by atoms with van der Waals surface area (Å²) >= 11 is 0. The van der Waals surface area contributed by atoms with E-state index in [9.17, 15) is 57.4 Å². The predicted molar refractivity (Wildman–Crippen MR) is 383 cm³/mol. The molecule has 0 fully saturated rings. The van der Waals surface area contributed by atoms with Crippen LogP contribution in [0.2, 0.25) is 0 Å². The summed E-state index contributed by atoms with van der Waals surface area (Å²) in [6.45, 7) is 14.4. The number of primary amides is 1. The summed E-state index contributed by atoms with van der Waals surface area (Å²) in [7, 11) is 1.62. The Morgan fingerprint density at radius 2 is 1.01 bits per heavy atom. The van der Waals surface area contributed by atoms with Crippen LogP contribution in [0.3, 0.4) is 0 Å². The Morgan fingerprint density at radius 1 is 0.556 bits per heavy atom. The molecule has 1 aliphatic heterocycles. The number of halogens is 2. The molecule has 0 spiro atoms. The number of nitrogens with two attached hydrogens (primary N) is 1. The van der Waals surface area contributed by atoms with Crippen LogP contribution in [0.5, 0.6) is 0 Å². The Bertz CT molecular complexity index is 3220. The topological polar surface area (TPSA) is 421 Å². The summed E-state index contributed by atoms with van der Waals surface area (Å²) < 4.78 is 102. The molecule has 2 aromatic carbocycles. The lowest BCUT2D eigenvalue weighted by Gasteiger charge is -2.41. The number of carbonyl (C=O) groups excluding carboxylic acids is 10. The minimum atomic E-state index is -1.80. The van der Waals surface area contributed by atoms with Gasteiger partial charge >= 0.3 is 6.09 Å². The third kappa shape index (κ3) is 37.5. The van der Waals surface area contributed by atoms with Crippen LogP contribution < -0.4 is 37.6 Å². The van der Waals surface area contributed by atoms with E-state index in [0.717, 1.165) is 35.9 Å². The molecule has 9 N–H and O–H groups in total. The molecule has 0 unspecified atom stereocenters. The van der Waals surface area contributed by atoms with Crippen LogP contribution in [0.1, 0.15) is 64.8 Å². The fraction of sp³-hybridized carbons (Fsp3) is 0.611. The molecule has 3 aromatic rings. The minimum Gasteiger partial charge on any atom is -0.447 e. The van der Waals surface area contributed by atoms with E-state index in [1.807, 2.05) is 18.2 Å². The van der Waals surface area contributed by atoms with Gasteiger partial charge in [0, 0.05) is 68.5 Å². The smallest absolute Gasteiger partial charge is 0.407 e. The zero-order valence-electron chi connectivity index (χ0n) is 62.5. The number of alkyl carbamates (subject to hydrolysis) is 1. The van der Waals surface area contributed by atoms with Gasteiger partial charge in [-0.1, -0.05) is 51.1 Å². The van der Waals surface area contributed by atoms with Crippen molar-refractivity contribution in [3.8, 4) is 11.1 Å². The van der Waals surface area contributed by atoms with E-state index in [1.165, 1.54) is 18.7 Å². The number of methoxy groups -OCH3 is 1. The Balaban J connectivity index is 1.18. The molecule has 604 valence electrons. The number of hydrogen-bond donors (Lipinski definition) is 8. The van der Waals surface area contributed by atoms with Gasteiger partial charge in [-0.25, -0.2) is 13.6 Å². The first kappa shape index (κ1) is 91.9. The van der Waals surface area contributed by atoms with Crippen molar-refractivity contribution in [2.24, 2.45) is 11.1 Å². The first-order valence-electron chi connectivity index (χ1n) is 35.6. The molecule has 5 atom stereocenters. The quantitative estimate of drug-likeness (QED) is 0.0277. The van der Waals surface area contributed by atoms with Crippen molar-refractivity contribution < 1.29 is 123 Å². The largest absolute Gasteiger partial charge is 0.447 e. The minimum absolute atomic E-state index is 0.0113. The summed E-state index contributed by atoms with van der Waals surface area (Å²) in [6, 6.07) is 6.52. The van der Waals surface area contributed by atoms with Gasteiger partial charge in [0.15, 0.2) is 0 Å². The van der Waals surface area contributed by atoms with Crippen LogP contribution in [0.15, 0.2) is 72.9 Å². The van der Waals surface area contributed by atoms with Gasteiger partial charge in [0.2, 0.25) is 41.4 Å². The number of hydrogen-bond acceptors (Lipinski definition) is 24. The van der Waals surface area contributed by atoms with Crippen molar-refractivity contribution in [2.45, 2.75) is 84.2 Å². The fourth-order valence-corrected chi connectivity index (χ4v) is 10.2. The predicted octanol–water partition coefficient (Wildman–Crippen LogP) is 0.231. The van der Waals surface area contributed by atoms with Gasteiger partial charge in [-0.15, -0.1) is 0 Å². The van der Waals surface area contributed by atoms with Crippen LogP contribution in [-0.4, -0.2) is 301 Å². The maximum Gasteiger partial charge on any atom is 0.407 e. The van der Waals surface area contributed by atoms with E-state index in [4.69, 9.17) is 67.3 Å². The van der Waals surface area contributed by atoms with Crippen molar-refractivity contribution in [1.29, 1.82) is 0 Å². The Kier molecular flexibility index (Phi) is 45.4. The van der Waals surface area contributed by atoms with Crippen LogP contribution in [0, 0.1) is 17.0 Å². The van der Waals surface area contributed by atoms with Crippen LogP contribution in [0.25, 0.3) is 11.1 Å². The highest BCUT2D eigenvalue weighted by molar-refractivity contribution is 6.14. The number of nitrogens with one attached hydrogen (secondary N) is 6. The summed E-state index contributed by atoms with van der Waals surface area (Å²) in [5, 5.41) is 25.2.